The summed E-state index contributed by atoms with van der Waals surface area (Å²) in [5.41, 5.74) is 0. The fourth-order valence-electron chi connectivity index (χ4n) is 0.139. The Morgan fingerprint density at radius 1 is 0.917 bits per heavy atom. The van der Waals surface area contributed by atoms with E-state index in [-0.39, 0.29) is 50.6 Å². The zero-order valence-electron chi connectivity index (χ0n) is 4.96. The second kappa shape index (κ2) is 8.13. The molecule has 12 heteroatoms. The predicted octanol–water partition coefficient (Wildman–Crippen LogP) is -0.819. The first-order valence-electron chi connectivity index (χ1n) is 1.53. The van der Waals surface area contributed by atoms with Crippen LogP contribution in [0.3, 0.4) is 0 Å². The third-order valence-electron chi connectivity index (χ3n) is 0.213. The van der Waals surface area contributed by atoms with Crippen molar-refractivity contribution in [3.8, 4) is 0 Å². The fraction of sp³-hybridized carbons (Fsp3) is 0. The van der Waals surface area contributed by atoms with Gasteiger partial charge in [-0.1, -0.05) is 0 Å². The Morgan fingerprint density at radius 3 is 1.08 bits per heavy atom. The second-order valence-corrected chi connectivity index (χ2v) is 3.68. The van der Waals surface area contributed by atoms with Gasteiger partial charge in [0, 0.05) is 50.6 Å². The molecule has 0 spiro atoms. The summed E-state index contributed by atoms with van der Waals surface area (Å²) in [6.07, 6.45) is 0. The van der Waals surface area contributed by atoms with Crippen LogP contribution in [0.25, 0.3) is 0 Å². The van der Waals surface area contributed by atoms with Crippen LogP contribution in [-0.2, 0) is 64.1 Å². The summed E-state index contributed by atoms with van der Waals surface area (Å²) in [5, 5.41) is 0. The first-order chi connectivity index (χ1) is 3.71. The van der Waals surface area contributed by atoms with E-state index in [0.717, 1.165) is 0 Å². The van der Waals surface area contributed by atoms with Crippen molar-refractivity contribution in [1.82, 2.24) is 0 Å². The van der Waals surface area contributed by atoms with E-state index < -0.39 is 15.6 Å². The fourth-order valence-corrected chi connectivity index (χ4v) is 1.25. The van der Waals surface area contributed by atoms with Crippen LogP contribution in [0.15, 0.2) is 0 Å². The number of rotatable bonds is 2. The van der Waals surface area contributed by atoms with Crippen LogP contribution >= 0.6 is 15.6 Å². The molecule has 0 aromatic rings. The average molecular weight is 347 g/mol. The molecule has 0 heterocycles. The molecule has 0 aliphatic heterocycles. The molecule has 0 aromatic heterocycles. The summed E-state index contributed by atoms with van der Waals surface area (Å²) < 4.78 is 22.2. The summed E-state index contributed by atoms with van der Waals surface area (Å²) in [5.74, 6) is 0. The Bertz CT molecular complexity index is 162. The Hall–Kier alpha value is 1.79. The van der Waals surface area contributed by atoms with E-state index in [1.54, 1.807) is 0 Å². The van der Waals surface area contributed by atoms with Crippen molar-refractivity contribution in [2.75, 3.05) is 0 Å². The van der Waals surface area contributed by atoms with Crippen LogP contribution in [0.2, 0.25) is 0 Å². The van der Waals surface area contributed by atoms with Crippen LogP contribution in [0, 0.1) is 0 Å². The van der Waals surface area contributed by atoms with E-state index >= 15 is 0 Å². The van der Waals surface area contributed by atoms with Crippen LogP contribution < -0.4 is 0 Å². The number of hydrogen-bond acceptors (Lipinski definition) is 3. The molecule has 81 valence electrons. The van der Waals surface area contributed by atoms with Gasteiger partial charge in [0.15, 0.2) is 0 Å². The van der Waals surface area contributed by atoms with Gasteiger partial charge in [0.1, 0.15) is 0 Å². The second-order valence-electron chi connectivity index (χ2n) is 1.06. The van der Waals surface area contributed by atoms with Gasteiger partial charge in [0.25, 0.3) is 0 Å². The molecule has 1 radical (unpaired) electrons. The van der Waals surface area contributed by atoms with Crippen molar-refractivity contribution in [1.29, 1.82) is 0 Å². The van der Waals surface area contributed by atoms with Crippen molar-refractivity contribution in [3.63, 3.8) is 0 Å². The van der Waals surface area contributed by atoms with Crippen molar-refractivity contribution >= 4 is 15.6 Å². The van der Waals surface area contributed by atoms with Crippen molar-refractivity contribution in [2.45, 2.75) is 0 Å². The summed E-state index contributed by atoms with van der Waals surface area (Å²) in [4.78, 5) is 31.0. The zero-order chi connectivity index (χ0) is 7.71. The minimum atomic E-state index is -5.05. The first kappa shape index (κ1) is 23.5. The average Bonchev–Trinajstić information content (AvgIpc) is 1.14. The Kier molecular flexibility index (Phi) is 15.9. The summed E-state index contributed by atoms with van der Waals surface area (Å²) >= 11 is 0. The smallest absolute Gasteiger partial charge is 0.302 e. The number of hydrogen-bond donors (Lipinski definition) is 4. The van der Waals surface area contributed by atoms with E-state index in [0.29, 0.717) is 0 Å². The molecule has 0 fully saturated rings. The third-order valence-corrected chi connectivity index (χ3v) is 1.91. The summed E-state index contributed by atoms with van der Waals surface area (Å²) in [6.45, 7) is 0. The molecule has 0 aliphatic carbocycles. The van der Waals surface area contributed by atoms with Gasteiger partial charge >= 0.3 is 15.6 Å². The van der Waals surface area contributed by atoms with Gasteiger partial charge in [-0.3, -0.25) is 0 Å². The SMILES string of the molecule is O=P(O)(O)OP(=O)(O)O.[Fe].[Mn].[Ni]. The largest absolute Gasteiger partial charge is 0.478 e. The quantitative estimate of drug-likeness (QED) is 0.380. The molecule has 0 saturated heterocycles. The Morgan fingerprint density at radius 2 is 1.08 bits per heavy atom. The maximum Gasteiger partial charge on any atom is 0.478 e. The van der Waals surface area contributed by atoms with Gasteiger partial charge in [0.2, 0.25) is 0 Å². The molecule has 0 aromatic carbocycles. The monoisotopic (exact) mass is 347 g/mol. The number of phosphoric acid groups is 2. The van der Waals surface area contributed by atoms with Crippen LogP contribution in [-0.4, -0.2) is 19.6 Å². The molecule has 0 bridgehead atoms. The molecule has 12 heavy (non-hydrogen) atoms. The maximum absolute atomic E-state index is 9.63. The molecule has 0 saturated carbocycles. The molecule has 0 atom stereocenters. The molecular weight excluding hydrogens is 343 g/mol. The molecule has 4 N–H and O–H groups in total. The topological polar surface area (TPSA) is 124 Å². The minimum absolute atomic E-state index is 0. The Balaban J connectivity index is -0.000000107. The van der Waals surface area contributed by atoms with E-state index in [1.165, 1.54) is 0 Å². The van der Waals surface area contributed by atoms with Gasteiger partial charge < -0.3 is 19.6 Å². The normalized spacial score (nSPS) is 10.3. The van der Waals surface area contributed by atoms with Crippen molar-refractivity contribution < 1.29 is 83.6 Å². The van der Waals surface area contributed by atoms with Crippen LogP contribution in [0.5, 0.6) is 0 Å². The molecule has 0 unspecified atom stereocenters. The predicted molar refractivity (Wildman–Crippen MR) is 25.2 cm³/mol. The molecule has 0 aliphatic rings. The van der Waals surface area contributed by atoms with E-state index in [9.17, 15) is 9.13 Å². The first-order valence-corrected chi connectivity index (χ1v) is 4.59. The summed E-state index contributed by atoms with van der Waals surface area (Å²) in [6, 6.07) is 0. The Labute approximate surface area is 99.0 Å². The van der Waals surface area contributed by atoms with Crippen LogP contribution in [0.1, 0.15) is 0 Å². The molecule has 0 rings (SSSR count). The standard InChI is InChI=1S/Fe.Mn.Ni.H4O7P2/c;;;1-8(2,3)7-9(4,5)6/h;;;(H2,1,2,3)(H2,4,5,6). The minimum Gasteiger partial charge on any atom is -0.302 e. The van der Waals surface area contributed by atoms with Gasteiger partial charge in [0.05, 0.1) is 0 Å². The van der Waals surface area contributed by atoms with Gasteiger partial charge in [-0.05, 0) is 0 Å². The van der Waals surface area contributed by atoms with Gasteiger partial charge in [-0.25, -0.2) is 9.13 Å². The molecule has 0 amide bonds. The zero-order valence-corrected chi connectivity index (χ0v) is 10.0. The summed E-state index contributed by atoms with van der Waals surface area (Å²) in [7, 11) is -10.1. The van der Waals surface area contributed by atoms with Crippen molar-refractivity contribution in [3.05, 3.63) is 0 Å². The van der Waals surface area contributed by atoms with E-state index in [1.807, 2.05) is 0 Å². The molecular formula is H4FeMnNiO7P2. The van der Waals surface area contributed by atoms with E-state index in [2.05, 4.69) is 4.31 Å². The maximum atomic E-state index is 9.63. The van der Waals surface area contributed by atoms with Crippen molar-refractivity contribution in [2.24, 2.45) is 0 Å². The van der Waals surface area contributed by atoms with Gasteiger partial charge in [-0.15, -0.1) is 0 Å². The van der Waals surface area contributed by atoms with Gasteiger partial charge in [-0.2, -0.15) is 4.31 Å². The molecule has 7 nitrogen and oxygen atoms in total. The third kappa shape index (κ3) is 22.6. The van der Waals surface area contributed by atoms with Crippen LogP contribution in [0.4, 0.5) is 0 Å². The van der Waals surface area contributed by atoms with E-state index in [4.69, 9.17) is 19.6 Å².